The highest BCUT2D eigenvalue weighted by atomic mass is 79.9. The fraction of sp³-hybridized carbons (Fsp3) is 0.382. The Morgan fingerprint density at radius 2 is 1.49 bits per heavy atom. The number of carbonyl (C=O) groups excluding carboxylic acids is 1. The third-order valence-electron chi connectivity index (χ3n) is 7.54. The lowest BCUT2D eigenvalue weighted by atomic mass is 9.92. The highest BCUT2D eigenvalue weighted by molar-refractivity contribution is 9.10. The minimum Gasteiger partial charge on any atom is -0.315 e. The van der Waals surface area contributed by atoms with E-state index in [2.05, 4.69) is 81.0 Å². The zero-order chi connectivity index (χ0) is 29.8. The number of hydrogen-bond acceptors (Lipinski definition) is 3. The van der Waals surface area contributed by atoms with Crippen LogP contribution in [0.1, 0.15) is 89.7 Å². The molecule has 0 saturated heterocycles. The Labute approximate surface area is 251 Å². The van der Waals surface area contributed by atoms with Gasteiger partial charge in [0.25, 0.3) is 5.56 Å². The number of carbonyl (C=O) groups is 1. The lowest BCUT2D eigenvalue weighted by molar-refractivity contribution is 0.185. The minimum absolute atomic E-state index is 0.156. The van der Waals surface area contributed by atoms with E-state index < -0.39 is 6.04 Å². The van der Waals surface area contributed by atoms with E-state index in [9.17, 15) is 9.59 Å². The number of halogens is 1. The van der Waals surface area contributed by atoms with E-state index in [-0.39, 0.29) is 23.4 Å². The summed E-state index contributed by atoms with van der Waals surface area (Å²) in [5.41, 5.74) is 4.25. The maximum absolute atomic E-state index is 14.2. The van der Waals surface area contributed by atoms with E-state index in [0.717, 1.165) is 27.7 Å². The molecule has 0 saturated carbocycles. The quantitative estimate of drug-likeness (QED) is 0.204. The highest BCUT2D eigenvalue weighted by Gasteiger charge is 2.28. The van der Waals surface area contributed by atoms with E-state index in [1.54, 1.807) is 10.6 Å². The van der Waals surface area contributed by atoms with Crippen molar-refractivity contribution in [3.63, 3.8) is 0 Å². The molecule has 4 rings (SSSR count). The van der Waals surface area contributed by atoms with Crippen molar-refractivity contribution in [3.8, 4) is 5.69 Å². The second-order valence-electron chi connectivity index (χ2n) is 11.7. The molecule has 1 heterocycles. The first-order valence-electron chi connectivity index (χ1n) is 14.5. The summed E-state index contributed by atoms with van der Waals surface area (Å²) in [6.45, 7) is 15.4. The second kappa shape index (κ2) is 13.0. The van der Waals surface area contributed by atoms with Crippen LogP contribution >= 0.6 is 15.9 Å². The van der Waals surface area contributed by atoms with Crippen molar-refractivity contribution >= 4 is 38.6 Å². The number of urea groups is 1. The lowest BCUT2D eigenvalue weighted by Crippen LogP contribution is -2.41. The average molecular weight is 618 g/mol. The summed E-state index contributed by atoms with van der Waals surface area (Å²) in [6.07, 6.45) is 0.816. The number of amides is 2. The molecule has 0 spiro atoms. The Morgan fingerprint density at radius 3 is 2.07 bits per heavy atom. The summed E-state index contributed by atoms with van der Waals surface area (Å²) in [4.78, 5) is 35.0. The van der Waals surface area contributed by atoms with Crippen LogP contribution in [-0.2, 0) is 0 Å². The fourth-order valence-corrected chi connectivity index (χ4v) is 5.42. The van der Waals surface area contributed by atoms with Crippen LogP contribution in [0.2, 0.25) is 0 Å². The first-order chi connectivity index (χ1) is 19.5. The first-order valence-corrected chi connectivity index (χ1v) is 15.3. The smallest absolute Gasteiger partial charge is 0.315 e. The molecule has 216 valence electrons. The number of fused-ring (bicyclic) bond motifs is 1. The Kier molecular flexibility index (Phi) is 9.69. The molecule has 0 aliphatic carbocycles. The molecule has 0 bridgehead atoms. The number of rotatable bonds is 9. The fourth-order valence-electron chi connectivity index (χ4n) is 5.15. The van der Waals surface area contributed by atoms with Gasteiger partial charge < -0.3 is 10.2 Å². The Bertz CT molecular complexity index is 1550. The second-order valence-corrected chi connectivity index (χ2v) is 12.6. The summed E-state index contributed by atoms with van der Waals surface area (Å²) < 4.78 is 2.57. The van der Waals surface area contributed by atoms with E-state index in [4.69, 9.17) is 4.98 Å². The number of nitrogens with one attached hydrogen (secondary N) is 1. The van der Waals surface area contributed by atoms with Crippen molar-refractivity contribution < 1.29 is 4.79 Å². The van der Waals surface area contributed by atoms with Crippen molar-refractivity contribution in [1.29, 1.82) is 0 Å². The van der Waals surface area contributed by atoms with Crippen LogP contribution in [-0.4, -0.2) is 27.0 Å². The summed E-state index contributed by atoms with van der Waals surface area (Å²) in [6, 6.07) is 20.5. The number of nitrogens with zero attached hydrogens (tertiary/aromatic N) is 3. The molecule has 0 radical (unpaired) electrons. The first kappa shape index (κ1) is 30.5. The van der Waals surface area contributed by atoms with Crippen LogP contribution in [0.15, 0.2) is 76.0 Å². The van der Waals surface area contributed by atoms with Gasteiger partial charge in [0, 0.05) is 16.7 Å². The summed E-state index contributed by atoms with van der Waals surface area (Å²) in [5, 5.41) is 3.84. The average Bonchev–Trinajstić information content (AvgIpc) is 2.93. The topological polar surface area (TPSA) is 67.2 Å². The Hall–Kier alpha value is -3.45. The highest BCUT2D eigenvalue weighted by Crippen LogP contribution is 2.33. The molecule has 2 amide bonds. The SMILES string of the molecule is CC(C)CCN(C(=O)Nc1c(C(C)C)cccc1C(C)C)C(C)c1nc2ccccc2c(=O)n1-c1ccc(Br)cc1. The van der Waals surface area contributed by atoms with Crippen molar-refractivity contribution in [2.75, 3.05) is 11.9 Å². The summed E-state index contributed by atoms with van der Waals surface area (Å²) in [7, 11) is 0. The molecule has 0 aliphatic heterocycles. The van der Waals surface area contributed by atoms with E-state index in [0.29, 0.717) is 34.9 Å². The Morgan fingerprint density at radius 1 is 0.878 bits per heavy atom. The van der Waals surface area contributed by atoms with Crippen molar-refractivity contribution in [2.24, 2.45) is 5.92 Å². The van der Waals surface area contributed by atoms with E-state index >= 15 is 0 Å². The van der Waals surface area contributed by atoms with Crippen molar-refractivity contribution in [2.45, 2.75) is 72.8 Å². The van der Waals surface area contributed by atoms with Crippen LogP contribution < -0.4 is 10.9 Å². The number of para-hydroxylation sites is 2. The van der Waals surface area contributed by atoms with Crippen LogP contribution in [0.25, 0.3) is 16.6 Å². The molecule has 0 aliphatic rings. The molecule has 1 aromatic heterocycles. The van der Waals surface area contributed by atoms with Gasteiger partial charge in [-0.2, -0.15) is 0 Å². The van der Waals surface area contributed by atoms with Gasteiger partial charge in [-0.1, -0.05) is 87.8 Å². The molecular formula is C34H41BrN4O2. The predicted molar refractivity (Wildman–Crippen MR) is 173 cm³/mol. The molecule has 0 fully saturated rings. The monoisotopic (exact) mass is 616 g/mol. The molecule has 4 aromatic rings. The number of benzene rings is 3. The maximum Gasteiger partial charge on any atom is 0.322 e. The van der Waals surface area contributed by atoms with Crippen molar-refractivity contribution in [1.82, 2.24) is 14.5 Å². The Balaban J connectivity index is 1.86. The van der Waals surface area contributed by atoms with Crippen LogP contribution in [0.5, 0.6) is 0 Å². The normalized spacial score (nSPS) is 12.4. The molecule has 1 N–H and O–H groups in total. The molecule has 3 aromatic carbocycles. The zero-order valence-corrected chi connectivity index (χ0v) is 26.7. The zero-order valence-electron chi connectivity index (χ0n) is 25.1. The number of hydrogen-bond donors (Lipinski definition) is 1. The molecule has 1 atom stereocenters. The number of aromatic nitrogens is 2. The van der Waals surface area contributed by atoms with Crippen LogP contribution in [0.4, 0.5) is 10.5 Å². The van der Waals surface area contributed by atoms with Gasteiger partial charge >= 0.3 is 6.03 Å². The van der Waals surface area contributed by atoms with E-state index in [1.807, 2.05) is 54.3 Å². The summed E-state index contributed by atoms with van der Waals surface area (Å²) >= 11 is 3.50. The van der Waals surface area contributed by atoms with Gasteiger partial charge in [-0.05, 0) is 78.6 Å². The number of anilines is 1. The maximum atomic E-state index is 14.2. The van der Waals surface area contributed by atoms with Crippen LogP contribution in [0, 0.1) is 5.92 Å². The predicted octanol–water partition coefficient (Wildman–Crippen LogP) is 9.04. The molecule has 1 unspecified atom stereocenters. The van der Waals surface area contributed by atoms with E-state index in [1.165, 1.54) is 0 Å². The third kappa shape index (κ3) is 6.72. The lowest BCUT2D eigenvalue weighted by Gasteiger charge is -2.32. The van der Waals surface area contributed by atoms with Gasteiger partial charge in [-0.3, -0.25) is 9.36 Å². The van der Waals surface area contributed by atoms with Gasteiger partial charge in [-0.25, -0.2) is 9.78 Å². The largest absolute Gasteiger partial charge is 0.322 e. The molecule has 6 nitrogen and oxygen atoms in total. The van der Waals surface area contributed by atoms with Gasteiger partial charge in [-0.15, -0.1) is 0 Å². The molecular weight excluding hydrogens is 576 g/mol. The van der Waals surface area contributed by atoms with Gasteiger partial charge in [0.05, 0.1) is 22.6 Å². The molecule has 41 heavy (non-hydrogen) atoms. The standard InChI is InChI=1S/C34H41BrN4O2/c1-21(2)19-20-38(34(41)37-31-27(22(3)4)12-10-13-28(31)23(5)6)24(7)32-36-30-14-9-8-11-29(30)33(40)39(32)26-17-15-25(35)16-18-26/h8-18,21-24H,19-20H2,1-7H3,(H,37,41). The summed E-state index contributed by atoms with van der Waals surface area (Å²) in [5.74, 6) is 1.41. The molecule has 7 heteroatoms. The van der Waals surface area contributed by atoms with Crippen molar-refractivity contribution in [3.05, 3.63) is 98.5 Å². The van der Waals surface area contributed by atoms with Crippen LogP contribution in [0.3, 0.4) is 0 Å². The van der Waals surface area contributed by atoms with Gasteiger partial charge in [0.15, 0.2) is 0 Å². The van der Waals surface area contributed by atoms with Gasteiger partial charge in [0.1, 0.15) is 5.82 Å². The minimum atomic E-state index is -0.483. The third-order valence-corrected chi connectivity index (χ3v) is 8.07. The van der Waals surface area contributed by atoms with Gasteiger partial charge in [0.2, 0.25) is 0 Å².